The summed E-state index contributed by atoms with van der Waals surface area (Å²) in [4.78, 5) is 25.2. The number of rotatable bonds is 12. The minimum Gasteiger partial charge on any atom is -0.466 e. The van der Waals surface area contributed by atoms with Gasteiger partial charge in [0.05, 0.1) is 25.2 Å². The van der Waals surface area contributed by atoms with Gasteiger partial charge in [-0.3, -0.25) is 9.59 Å². The second kappa shape index (κ2) is 11.4. The largest absolute Gasteiger partial charge is 0.466 e. The van der Waals surface area contributed by atoms with Crippen LogP contribution in [0.2, 0.25) is 0 Å². The van der Waals surface area contributed by atoms with Crippen LogP contribution < -0.4 is 0 Å². The number of carbonyl (C=O) groups excluding carboxylic acids is 2. The fourth-order valence-electron chi connectivity index (χ4n) is 2.50. The summed E-state index contributed by atoms with van der Waals surface area (Å²) in [6, 6.07) is 0. The van der Waals surface area contributed by atoms with Gasteiger partial charge in [0, 0.05) is 40.2 Å². The Morgan fingerprint density at radius 3 is 2.38 bits per heavy atom. The SMILES string of the molecule is CCOC(=O)CC(C)(O)[C@@H](CO)[C@@H](COCOC)CC(=O)N(C)C. The number of hydrogen-bond acceptors (Lipinski definition) is 7. The van der Waals surface area contributed by atoms with E-state index >= 15 is 0 Å². The molecule has 0 rings (SSSR count). The van der Waals surface area contributed by atoms with Crippen LogP contribution in [0.25, 0.3) is 0 Å². The summed E-state index contributed by atoms with van der Waals surface area (Å²) in [6.45, 7) is 3.08. The normalized spacial score (nSPS) is 16.1. The second-order valence-corrected chi connectivity index (χ2v) is 6.16. The van der Waals surface area contributed by atoms with Gasteiger partial charge >= 0.3 is 5.97 Å². The van der Waals surface area contributed by atoms with Crippen LogP contribution in [0.5, 0.6) is 0 Å². The Kier molecular flexibility index (Phi) is 10.8. The number of nitrogens with zero attached hydrogens (tertiary/aromatic N) is 1. The molecule has 0 saturated heterocycles. The molecule has 0 radical (unpaired) electrons. The van der Waals surface area contributed by atoms with E-state index in [4.69, 9.17) is 14.2 Å². The zero-order valence-electron chi connectivity index (χ0n) is 15.3. The molecule has 0 aromatic carbocycles. The number of methoxy groups -OCH3 is 1. The van der Waals surface area contributed by atoms with Gasteiger partial charge in [-0.15, -0.1) is 0 Å². The molecule has 8 heteroatoms. The Bertz CT molecular complexity index is 385. The molecule has 1 unspecified atom stereocenters. The maximum atomic E-state index is 12.0. The summed E-state index contributed by atoms with van der Waals surface area (Å²) < 4.78 is 15.0. The number of aliphatic hydroxyl groups excluding tert-OH is 1. The lowest BCUT2D eigenvalue weighted by molar-refractivity contribution is -0.154. The van der Waals surface area contributed by atoms with E-state index in [2.05, 4.69) is 0 Å². The van der Waals surface area contributed by atoms with Crippen molar-refractivity contribution in [2.45, 2.75) is 32.3 Å². The first-order valence-corrected chi connectivity index (χ1v) is 7.95. The second-order valence-electron chi connectivity index (χ2n) is 6.16. The van der Waals surface area contributed by atoms with Crippen LogP contribution in [-0.4, -0.2) is 80.4 Å². The van der Waals surface area contributed by atoms with Gasteiger partial charge < -0.3 is 29.3 Å². The minimum atomic E-state index is -1.53. The minimum absolute atomic E-state index is 0.0326. The summed E-state index contributed by atoms with van der Waals surface area (Å²) in [7, 11) is 4.72. The van der Waals surface area contributed by atoms with Crippen LogP contribution in [0.4, 0.5) is 0 Å². The third kappa shape index (κ3) is 8.05. The van der Waals surface area contributed by atoms with Crippen molar-refractivity contribution in [3.8, 4) is 0 Å². The maximum absolute atomic E-state index is 12.0. The Balaban J connectivity index is 5.17. The van der Waals surface area contributed by atoms with Crippen LogP contribution >= 0.6 is 0 Å². The molecule has 0 aromatic rings. The molecule has 0 fully saturated rings. The lowest BCUT2D eigenvalue weighted by Gasteiger charge is -2.36. The zero-order valence-corrected chi connectivity index (χ0v) is 15.3. The monoisotopic (exact) mass is 349 g/mol. The molecular weight excluding hydrogens is 318 g/mol. The Morgan fingerprint density at radius 1 is 1.29 bits per heavy atom. The zero-order chi connectivity index (χ0) is 18.8. The van der Waals surface area contributed by atoms with Gasteiger partial charge in [0.15, 0.2) is 0 Å². The molecule has 0 aromatic heterocycles. The molecule has 0 aliphatic rings. The topological polar surface area (TPSA) is 106 Å². The van der Waals surface area contributed by atoms with Gasteiger partial charge in [-0.2, -0.15) is 0 Å². The van der Waals surface area contributed by atoms with Crippen molar-refractivity contribution >= 4 is 11.9 Å². The van der Waals surface area contributed by atoms with Crippen LogP contribution in [0.1, 0.15) is 26.7 Å². The molecule has 0 aliphatic heterocycles. The molecule has 0 spiro atoms. The fraction of sp³-hybridized carbons (Fsp3) is 0.875. The number of ether oxygens (including phenoxy) is 3. The number of esters is 1. The van der Waals surface area contributed by atoms with E-state index in [1.54, 1.807) is 21.0 Å². The third-order valence-corrected chi connectivity index (χ3v) is 3.84. The quantitative estimate of drug-likeness (QED) is 0.290. The highest BCUT2D eigenvalue weighted by Gasteiger charge is 2.40. The average molecular weight is 349 g/mol. The molecule has 0 heterocycles. The van der Waals surface area contributed by atoms with E-state index in [1.165, 1.54) is 18.9 Å². The van der Waals surface area contributed by atoms with Gasteiger partial charge in [0.2, 0.25) is 5.91 Å². The van der Waals surface area contributed by atoms with E-state index in [-0.39, 0.29) is 38.8 Å². The van der Waals surface area contributed by atoms with Crippen molar-refractivity contribution in [1.29, 1.82) is 0 Å². The predicted molar refractivity (Wildman–Crippen MR) is 87.1 cm³/mol. The summed E-state index contributed by atoms with van der Waals surface area (Å²) in [5, 5.41) is 20.4. The smallest absolute Gasteiger partial charge is 0.308 e. The molecule has 3 atom stereocenters. The maximum Gasteiger partial charge on any atom is 0.308 e. The average Bonchev–Trinajstić information content (AvgIpc) is 2.46. The molecule has 0 saturated carbocycles. The number of amides is 1. The van der Waals surface area contributed by atoms with Gasteiger partial charge in [-0.25, -0.2) is 0 Å². The van der Waals surface area contributed by atoms with Gasteiger partial charge in [-0.1, -0.05) is 0 Å². The highest BCUT2D eigenvalue weighted by molar-refractivity contribution is 5.76. The number of carbonyl (C=O) groups is 2. The third-order valence-electron chi connectivity index (χ3n) is 3.84. The van der Waals surface area contributed by atoms with Crippen molar-refractivity contribution in [3.63, 3.8) is 0 Å². The van der Waals surface area contributed by atoms with Crippen molar-refractivity contribution in [2.24, 2.45) is 11.8 Å². The fourth-order valence-corrected chi connectivity index (χ4v) is 2.50. The first kappa shape index (κ1) is 22.8. The van der Waals surface area contributed by atoms with E-state index in [0.717, 1.165) is 0 Å². The van der Waals surface area contributed by atoms with E-state index < -0.39 is 30.0 Å². The Labute approximate surface area is 143 Å². The molecule has 0 aliphatic carbocycles. The van der Waals surface area contributed by atoms with E-state index in [9.17, 15) is 19.8 Å². The van der Waals surface area contributed by atoms with Gasteiger partial charge in [0.25, 0.3) is 0 Å². The summed E-state index contributed by atoms with van der Waals surface area (Å²) in [6.07, 6.45) is -0.204. The highest BCUT2D eigenvalue weighted by Crippen LogP contribution is 2.31. The molecule has 142 valence electrons. The lowest BCUT2D eigenvalue weighted by atomic mass is 9.76. The van der Waals surface area contributed by atoms with Crippen LogP contribution in [0.3, 0.4) is 0 Å². The summed E-state index contributed by atoms with van der Waals surface area (Å²) in [5.74, 6) is -1.94. The molecule has 24 heavy (non-hydrogen) atoms. The van der Waals surface area contributed by atoms with Gasteiger partial charge in [-0.05, 0) is 19.8 Å². The molecule has 0 bridgehead atoms. The van der Waals surface area contributed by atoms with Crippen molar-refractivity contribution < 1.29 is 34.0 Å². The van der Waals surface area contributed by atoms with Crippen molar-refractivity contribution in [2.75, 3.05) is 47.8 Å². The first-order chi connectivity index (χ1) is 11.2. The van der Waals surface area contributed by atoms with Crippen molar-refractivity contribution in [3.05, 3.63) is 0 Å². The Morgan fingerprint density at radius 2 is 1.92 bits per heavy atom. The lowest BCUT2D eigenvalue weighted by Crippen LogP contribution is -2.46. The summed E-state index contributed by atoms with van der Waals surface area (Å²) in [5.41, 5.74) is -1.53. The van der Waals surface area contributed by atoms with Crippen molar-refractivity contribution in [1.82, 2.24) is 4.90 Å². The number of aliphatic hydroxyl groups is 2. The predicted octanol–water partition coefficient (Wildman–Crippen LogP) is 0.0141. The highest BCUT2D eigenvalue weighted by atomic mass is 16.7. The standard InChI is InChI=1S/C16H31NO7/c1-6-24-15(20)8-16(2,21)13(9-18)12(10-23-11-22-5)7-14(19)17(3)4/h12-13,18,21H,6-11H2,1-5H3/t12-,13+,16?/m1/s1. The number of hydrogen-bond donors (Lipinski definition) is 2. The molecule has 2 N–H and O–H groups in total. The molecule has 8 nitrogen and oxygen atoms in total. The van der Waals surface area contributed by atoms with Crippen LogP contribution in [-0.2, 0) is 23.8 Å². The van der Waals surface area contributed by atoms with E-state index in [0.29, 0.717) is 0 Å². The first-order valence-electron chi connectivity index (χ1n) is 7.95. The Hall–Kier alpha value is -1.22. The molecular formula is C16H31NO7. The van der Waals surface area contributed by atoms with Crippen LogP contribution in [0, 0.1) is 11.8 Å². The molecule has 1 amide bonds. The summed E-state index contributed by atoms with van der Waals surface area (Å²) >= 11 is 0. The van der Waals surface area contributed by atoms with Crippen LogP contribution in [0.15, 0.2) is 0 Å². The van der Waals surface area contributed by atoms with Gasteiger partial charge in [0.1, 0.15) is 6.79 Å². The van der Waals surface area contributed by atoms with E-state index in [1.807, 2.05) is 0 Å².